The van der Waals surface area contributed by atoms with Gasteiger partial charge in [-0.25, -0.2) is 14.3 Å². The average molecular weight is 312 g/mol. The van der Waals surface area contributed by atoms with Crippen LogP contribution in [0.2, 0.25) is 0 Å². The molecule has 0 bridgehead atoms. The van der Waals surface area contributed by atoms with Crippen molar-refractivity contribution in [2.24, 2.45) is 10.3 Å². The second-order valence-electron chi connectivity index (χ2n) is 5.59. The van der Waals surface area contributed by atoms with Gasteiger partial charge in [0.15, 0.2) is 0 Å². The molecule has 1 saturated heterocycles. The second-order valence-corrected chi connectivity index (χ2v) is 8.22. The first kappa shape index (κ1) is 16.0. The van der Waals surface area contributed by atoms with E-state index >= 15 is 0 Å². The van der Waals surface area contributed by atoms with Crippen molar-refractivity contribution in [3.8, 4) is 5.88 Å². The number of rotatable bonds is 5. The molecule has 0 aromatic carbocycles. The van der Waals surface area contributed by atoms with Gasteiger partial charge >= 0.3 is 0 Å². The molecule has 1 atom stereocenters. The fourth-order valence-corrected chi connectivity index (χ4v) is 3.01. The number of aromatic nitrogens is 2. The van der Waals surface area contributed by atoms with Crippen molar-refractivity contribution >= 4 is 15.5 Å². The molecule has 6 nitrogen and oxygen atoms in total. The maximum atomic E-state index is 11.7. The van der Waals surface area contributed by atoms with E-state index in [-0.39, 0.29) is 0 Å². The predicted octanol–water partition coefficient (Wildman–Crippen LogP) is 1.82. The van der Waals surface area contributed by atoms with Gasteiger partial charge < -0.3 is 9.64 Å². The third kappa shape index (κ3) is 5.15. The summed E-state index contributed by atoms with van der Waals surface area (Å²) in [4.78, 5) is 10.7. The number of hydrogen-bond donors (Lipinski definition) is 0. The average Bonchev–Trinajstić information content (AvgIpc) is 2.45. The molecule has 1 unspecified atom stereocenters. The van der Waals surface area contributed by atoms with Gasteiger partial charge in [-0.15, -0.1) is 0 Å². The fourth-order valence-electron chi connectivity index (χ4n) is 2.44. The van der Waals surface area contributed by atoms with Gasteiger partial charge in [-0.3, -0.25) is 4.21 Å². The van der Waals surface area contributed by atoms with Crippen LogP contribution in [0.1, 0.15) is 19.8 Å². The quantitative estimate of drug-likeness (QED) is 0.829. The minimum atomic E-state index is -2.01. The highest BCUT2D eigenvalue weighted by Gasteiger charge is 2.21. The number of nitrogens with zero attached hydrogens (tertiary/aromatic N) is 4. The van der Waals surface area contributed by atoms with Crippen LogP contribution in [-0.4, -0.2) is 52.9 Å². The Hall–Kier alpha value is -1.37. The molecule has 0 aliphatic carbocycles. The van der Waals surface area contributed by atoms with Crippen LogP contribution in [0, 0.1) is 5.92 Å². The first-order valence-corrected chi connectivity index (χ1v) is 9.64. The zero-order chi connectivity index (χ0) is 15.3. The van der Waals surface area contributed by atoms with E-state index in [0.717, 1.165) is 31.7 Å². The topological polar surface area (TPSA) is 67.7 Å². The maximum absolute atomic E-state index is 11.7. The lowest BCUT2D eigenvalue weighted by atomic mass is 9.98. The molecule has 0 saturated carbocycles. The van der Waals surface area contributed by atoms with Crippen molar-refractivity contribution in [1.82, 2.24) is 9.97 Å². The van der Waals surface area contributed by atoms with Crippen LogP contribution in [-0.2, 0) is 9.73 Å². The van der Waals surface area contributed by atoms with Gasteiger partial charge in [0.1, 0.15) is 12.1 Å². The lowest BCUT2D eigenvalue weighted by Crippen LogP contribution is -2.37. The van der Waals surface area contributed by atoms with Crippen molar-refractivity contribution in [3.63, 3.8) is 0 Å². The van der Waals surface area contributed by atoms with E-state index < -0.39 is 9.73 Å². The molecule has 0 spiro atoms. The standard InChI is InChI=1S/C14H24N4O2S/c1-4-20-14-8-13(15-11-16-14)18-7-5-6-12(10-18)9-17-21(2,3)19/h8,11-12H,4-7,9-10H2,1-3H3. The molecule has 2 heterocycles. The molecular weight excluding hydrogens is 288 g/mol. The number of hydrogen-bond acceptors (Lipinski definition) is 6. The molecule has 1 fully saturated rings. The lowest BCUT2D eigenvalue weighted by Gasteiger charge is -2.32. The monoisotopic (exact) mass is 312 g/mol. The van der Waals surface area contributed by atoms with Crippen LogP contribution in [0.5, 0.6) is 5.88 Å². The largest absolute Gasteiger partial charge is 0.478 e. The van der Waals surface area contributed by atoms with Gasteiger partial charge in [0.2, 0.25) is 5.88 Å². The molecule has 0 N–H and O–H groups in total. The lowest BCUT2D eigenvalue weighted by molar-refractivity contribution is 0.326. The van der Waals surface area contributed by atoms with Crippen LogP contribution >= 0.6 is 0 Å². The summed E-state index contributed by atoms with van der Waals surface area (Å²) in [5.74, 6) is 1.94. The Morgan fingerprint density at radius 1 is 1.48 bits per heavy atom. The van der Waals surface area contributed by atoms with Gasteiger partial charge in [-0.1, -0.05) is 0 Å². The van der Waals surface area contributed by atoms with Gasteiger partial charge in [0.25, 0.3) is 0 Å². The fraction of sp³-hybridized carbons (Fsp3) is 0.714. The number of anilines is 1. The molecule has 1 aromatic heterocycles. The Bertz CT molecular complexity index is 576. The molecule has 2 rings (SSSR count). The van der Waals surface area contributed by atoms with Crippen molar-refractivity contribution < 1.29 is 8.95 Å². The zero-order valence-electron chi connectivity index (χ0n) is 13.0. The highest BCUT2D eigenvalue weighted by Crippen LogP contribution is 2.23. The number of piperidine rings is 1. The first-order chi connectivity index (χ1) is 9.98. The smallest absolute Gasteiger partial charge is 0.218 e. The first-order valence-electron chi connectivity index (χ1n) is 7.30. The SMILES string of the molecule is CCOc1cc(N2CCCC(CN=S(C)(C)=O)C2)ncn1. The van der Waals surface area contributed by atoms with Gasteiger partial charge in [0.05, 0.1) is 13.2 Å². The van der Waals surface area contributed by atoms with Crippen molar-refractivity contribution in [2.45, 2.75) is 19.8 Å². The molecule has 1 aliphatic rings. The van der Waals surface area contributed by atoms with Crippen LogP contribution in [0.3, 0.4) is 0 Å². The molecule has 0 radical (unpaired) electrons. The summed E-state index contributed by atoms with van der Waals surface area (Å²) in [6.45, 7) is 5.06. The number of ether oxygens (including phenoxy) is 1. The van der Waals surface area contributed by atoms with Crippen molar-refractivity contribution in [3.05, 3.63) is 12.4 Å². The second kappa shape index (κ2) is 7.06. The highest BCUT2D eigenvalue weighted by molar-refractivity contribution is 7.92. The Morgan fingerprint density at radius 2 is 2.29 bits per heavy atom. The third-order valence-electron chi connectivity index (χ3n) is 3.41. The van der Waals surface area contributed by atoms with Crippen LogP contribution in [0.15, 0.2) is 16.8 Å². The molecule has 1 aliphatic heterocycles. The summed E-state index contributed by atoms with van der Waals surface area (Å²) >= 11 is 0. The van der Waals surface area contributed by atoms with E-state index in [1.54, 1.807) is 18.8 Å². The molecule has 0 amide bonds. The highest BCUT2D eigenvalue weighted by atomic mass is 32.2. The van der Waals surface area contributed by atoms with Crippen LogP contribution in [0.4, 0.5) is 5.82 Å². The molecule has 21 heavy (non-hydrogen) atoms. The summed E-state index contributed by atoms with van der Waals surface area (Å²) in [6, 6.07) is 1.88. The summed E-state index contributed by atoms with van der Waals surface area (Å²) in [7, 11) is -2.01. The van der Waals surface area contributed by atoms with Gasteiger partial charge in [-0.2, -0.15) is 0 Å². The van der Waals surface area contributed by atoms with Crippen LogP contribution in [0.25, 0.3) is 0 Å². The summed E-state index contributed by atoms with van der Waals surface area (Å²) < 4.78 is 21.4. The molecule has 118 valence electrons. The Balaban J connectivity index is 2.03. The van der Waals surface area contributed by atoms with Crippen molar-refractivity contribution in [1.29, 1.82) is 0 Å². The van der Waals surface area contributed by atoms with Crippen molar-refractivity contribution in [2.75, 3.05) is 43.7 Å². The van der Waals surface area contributed by atoms with E-state index in [1.807, 2.05) is 13.0 Å². The minimum absolute atomic E-state index is 0.435. The summed E-state index contributed by atoms with van der Waals surface area (Å²) in [6.07, 6.45) is 7.14. The van der Waals surface area contributed by atoms with E-state index in [0.29, 0.717) is 24.9 Å². The van der Waals surface area contributed by atoms with Gasteiger partial charge in [-0.05, 0) is 25.7 Å². The molecule has 7 heteroatoms. The van der Waals surface area contributed by atoms with Gasteiger partial charge in [0, 0.05) is 41.4 Å². The zero-order valence-corrected chi connectivity index (χ0v) is 13.8. The summed E-state index contributed by atoms with van der Waals surface area (Å²) in [5, 5.41) is 0. The third-order valence-corrected chi connectivity index (χ3v) is 4.18. The van der Waals surface area contributed by atoms with E-state index in [9.17, 15) is 4.21 Å². The molecular formula is C14H24N4O2S. The molecule has 1 aromatic rings. The summed E-state index contributed by atoms with van der Waals surface area (Å²) in [5.41, 5.74) is 0. The Labute approximate surface area is 127 Å². The van der Waals surface area contributed by atoms with Crippen LogP contribution < -0.4 is 9.64 Å². The maximum Gasteiger partial charge on any atom is 0.218 e. The minimum Gasteiger partial charge on any atom is -0.478 e. The normalized spacial score (nSPS) is 19.4. The van der Waals surface area contributed by atoms with E-state index in [4.69, 9.17) is 4.74 Å². The van der Waals surface area contributed by atoms with E-state index in [2.05, 4.69) is 19.2 Å². The Morgan fingerprint density at radius 3 is 3.00 bits per heavy atom. The Kier molecular flexibility index (Phi) is 5.39. The van der Waals surface area contributed by atoms with E-state index in [1.165, 1.54) is 0 Å². The predicted molar refractivity (Wildman–Crippen MR) is 85.4 cm³/mol.